The molecule has 8 heteroatoms. The largest absolute Gasteiger partial charge is 0.478 e. The van der Waals surface area contributed by atoms with Gasteiger partial charge in [0.2, 0.25) is 5.88 Å². The van der Waals surface area contributed by atoms with E-state index in [0.29, 0.717) is 17.1 Å². The molecule has 25 heavy (non-hydrogen) atoms. The third kappa shape index (κ3) is 2.89. The molecule has 4 rings (SSSR count). The summed E-state index contributed by atoms with van der Waals surface area (Å²) in [4.78, 5) is 27.2. The number of pyridine rings is 1. The van der Waals surface area contributed by atoms with Gasteiger partial charge in [0.1, 0.15) is 11.8 Å². The molecule has 2 saturated carbocycles. The zero-order valence-electron chi connectivity index (χ0n) is 13.3. The van der Waals surface area contributed by atoms with Crippen LogP contribution in [0.15, 0.2) is 24.4 Å². The van der Waals surface area contributed by atoms with E-state index in [1.165, 1.54) is 16.8 Å². The van der Waals surface area contributed by atoms with Crippen molar-refractivity contribution < 1.29 is 19.4 Å². The van der Waals surface area contributed by atoms with E-state index in [9.17, 15) is 9.59 Å². The van der Waals surface area contributed by atoms with Crippen molar-refractivity contribution in [3.8, 4) is 11.7 Å². The summed E-state index contributed by atoms with van der Waals surface area (Å²) in [5.74, 6) is -0.162. The molecule has 1 atom stereocenters. The summed E-state index contributed by atoms with van der Waals surface area (Å²) in [6, 6.07) is 4.49. The summed E-state index contributed by atoms with van der Waals surface area (Å²) in [5, 5.41) is 13.0. The van der Waals surface area contributed by atoms with Gasteiger partial charge in [0.15, 0.2) is 11.6 Å². The van der Waals surface area contributed by atoms with E-state index >= 15 is 0 Å². The lowest BCUT2D eigenvalue weighted by atomic mass is 9.68. The topological polar surface area (TPSA) is 94.3 Å². The number of ketones is 1. The summed E-state index contributed by atoms with van der Waals surface area (Å²) in [6.07, 6.45) is 6.07. The highest BCUT2D eigenvalue weighted by atomic mass is 35.5. The number of Topliss-reactive ketones (excluding diaryl/α,β-unsaturated/α-hetero) is 1. The number of carboxylic acid groups (broad SMARTS) is 1. The summed E-state index contributed by atoms with van der Waals surface area (Å²) >= 11 is 5.86. The molecule has 0 saturated heterocycles. The first-order chi connectivity index (χ1) is 12.0. The number of carboxylic acids is 1. The molecule has 0 aromatic carbocycles. The normalized spacial score (nSPS) is 20.1. The molecule has 2 aromatic heterocycles. The molecule has 0 radical (unpaired) electrons. The van der Waals surface area contributed by atoms with E-state index in [1.807, 2.05) is 0 Å². The van der Waals surface area contributed by atoms with Gasteiger partial charge in [-0.2, -0.15) is 0 Å². The molecule has 2 aliphatic carbocycles. The fourth-order valence-corrected chi connectivity index (χ4v) is 3.66. The predicted octanol–water partition coefficient (Wildman–Crippen LogP) is 2.76. The summed E-state index contributed by atoms with van der Waals surface area (Å²) in [5.41, 5.74) is 0.223. The first-order valence-electron chi connectivity index (χ1n) is 8.10. The van der Waals surface area contributed by atoms with Gasteiger partial charge in [0.25, 0.3) is 0 Å². The number of halogens is 1. The van der Waals surface area contributed by atoms with Gasteiger partial charge in [-0.05, 0) is 43.2 Å². The molecule has 0 aliphatic heterocycles. The van der Waals surface area contributed by atoms with Crippen LogP contribution in [0.1, 0.15) is 36.0 Å². The van der Waals surface area contributed by atoms with E-state index in [2.05, 4.69) is 10.1 Å². The number of nitrogens with zero attached hydrogens (tertiary/aromatic N) is 3. The van der Waals surface area contributed by atoms with Crippen LogP contribution in [0, 0.1) is 11.3 Å². The minimum absolute atomic E-state index is 0.0234. The highest BCUT2D eigenvalue weighted by molar-refractivity contribution is 6.32. The molecule has 130 valence electrons. The van der Waals surface area contributed by atoms with Crippen molar-refractivity contribution in [2.75, 3.05) is 6.61 Å². The molecule has 0 amide bonds. The molecular weight excluding hydrogens is 346 g/mol. The van der Waals surface area contributed by atoms with Crippen LogP contribution in [0.4, 0.5) is 0 Å². The molecular formula is C17H16ClN3O4. The molecule has 1 unspecified atom stereocenters. The Kier molecular flexibility index (Phi) is 3.76. The van der Waals surface area contributed by atoms with Crippen molar-refractivity contribution in [2.45, 2.75) is 25.7 Å². The smallest absolute Gasteiger partial charge is 0.338 e. The number of hydrogen-bond donors (Lipinski definition) is 1. The highest BCUT2D eigenvalue weighted by Crippen LogP contribution is 2.64. The first-order valence-corrected chi connectivity index (χ1v) is 8.48. The second kappa shape index (κ2) is 5.84. The number of rotatable bonds is 6. The van der Waals surface area contributed by atoms with E-state index in [0.717, 1.165) is 25.7 Å². The Morgan fingerprint density at radius 1 is 1.32 bits per heavy atom. The van der Waals surface area contributed by atoms with Crippen LogP contribution in [0.3, 0.4) is 0 Å². The zero-order valence-corrected chi connectivity index (χ0v) is 14.1. The Hall–Kier alpha value is -2.41. The average molecular weight is 362 g/mol. The Morgan fingerprint density at radius 2 is 2.12 bits per heavy atom. The van der Waals surface area contributed by atoms with Crippen LogP contribution < -0.4 is 4.74 Å². The number of ether oxygens (including phenoxy) is 1. The van der Waals surface area contributed by atoms with Crippen LogP contribution >= 0.6 is 11.6 Å². The third-order valence-corrected chi connectivity index (χ3v) is 5.47. The van der Waals surface area contributed by atoms with E-state index in [1.54, 1.807) is 12.3 Å². The molecule has 2 fully saturated rings. The van der Waals surface area contributed by atoms with Gasteiger partial charge < -0.3 is 9.84 Å². The van der Waals surface area contributed by atoms with Crippen LogP contribution in [0.5, 0.6) is 5.88 Å². The first kappa shape index (κ1) is 16.1. The summed E-state index contributed by atoms with van der Waals surface area (Å²) in [6.45, 7) is 0.0234. The quantitative estimate of drug-likeness (QED) is 0.795. The van der Waals surface area contributed by atoms with Gasteiger partial charge in [-0.1, -0.05) is 11.6 Å². The van der Waals surface area contributed by atoms with Crippen molar-refractivity contribution in [1.82, 2.24) is 14.8 Å². The van der Waals surface area contributed by atoms with Crippen molar-refractivity contribution in [2.24, 2.45) is 11.3 Å². The van der Waals surface area contributed by atoms with Gasteiger partial charge >= 0.3 is 5.97 Å². The number of aromatic nitrogens is 3. The minimum atomic E-state index is -1.14. The van der Waals surface area contributed by atoms with Gasteiger partial charge in [-0.25, -0.2) is 14.5 Å². The number of aromatic carboxylic acids is 1. The van der Waals surface area contributed by atoms with Crippen molar-refractivity contribution in [1.29, 1.82) is 0 Å². The van der Waals surface area contributed by atoms with Crippen LogP contribution in [-0.2, 0) is 4.79 Å². The van der Waals surface area contributed by atoms with Gasteiger partial charge in [-0.3, -0.25) is 4.79 Å². The molecule has 1 spiro atoms. The lowest BCUT2D eigenvalue weighted by Gasteiger charge is -2.35. The van der Waals surface area contributed by atoms with Crippen molar-refractivity contribution in [3.63, 3.8) is 0 Å². The molecule has 1 N–H and O–H groups in total. The summed E-state index contributed by atoms with van der Waals surface area (Å²) in [7, 11) is 0. The number of carbonyl (C=O) groups is 2. The second-order valence-electron chi connectivity index (χ2n) is 6.62. The van der Waals surface area contributed by atoms with Crippen molar-refractivity contribution >= 4 is 23.4 Å². The molecule has 2 heterocycles. The Morgan fingerprint density at radius 3 is 2.72 bits per heavy atom. The van der Waals surface area contributed by atoms with E-state index in [-0.39, 0.29) is 29.0 Å². The number of hydrogen-bond acceptors (Lipinski definition) is 5. The SMILES string of the molecule is O=C(O)c1ccc(-n2ccc(OCC(=O)C3CCC34CC4)n2)nc1Cl. The standard InChI is InChI=1S/C17H16ClN3O4/c18-15-10(16(23)24)1-2-13(19-15)21-8-4-14(20-21)25-9-12(22)11-3-5-17(11)6-7-17/h1-2,4,8,11H,3,5-7,9H2,(H,23,24). The monoisotopic (exact) mass is 361 g/mol. The molecule has 7 nitrogen and oxygen atoms in total. The van der Waals surface area contributed by atoms with E-state index < -0.39 is 5.97 Å². The maximum absolute atomic E-state index is 12.2. The Bertz CT molecular complexity index is 859. The Balaban J connectivity index is 1.41. The van der Waals surface area contributed by atoms with Gasteiger partial charge in [-0.15, -0.1) is 5.10 Å². The minimum Gasteiger partial charge on any atom is -0.478 e. The number of carbonyl (C=O) groups excluding carboxylic acids is 1. The fourth-order valence-electron chi connectivity index (χ4n) is 3.43. The average Bonchev–Trinajstić information content (AvgIpc) is 3.26. The maximum Gasteiger partial charge on any atom is 0.338 e. The Labute approximate surface area is 148 Å². The summed E-state index contributed by atoms with van der Waals surface area (Å²) < 4.78 is 6.92. The molecule has 0 bridgehead atoms. The van der Waals surface area contributed by atoms with Gasteiger partial charge in [0.05, 0.1) is 5.56 Å². The van der Waals surface area contributed by atoms with E-state index in [4.69, 9.17) is 21.4 Å². The second-order valence-corrected chi connectivity index (χ2v) is 6.98. The molecule has 2 aliphatic rings. The maximum atomic E-state index is 12.2. The molecule has 2 aromatic rings. The lowest BCUT2D eigenvalue weighted by molar-refractivity contribution is -0.131. The van der Waals surface area contributed by atoms with Crippen LogP contribution in [-0.4, -0.2) is 38.2 Å². The van der Waals surface area contributed by atoms with Crippen LogP contribution in [0.2, 0.25) is 5.15 Å². The van der Waals surface area contributed by atoms with Crippen LogP contribution in [0.25, 0.3) is 5.82 Å². The van der Waals surface area contributed by atoms with Gasteiger partial charge in [0, 0.05) is 18.2 Å². The predicted molar refractivity (Wildman–Crippen MR) is 88.2 cm³/mol. The third-order valence-electron chi connectivity index (χ3n) is 5.18. The zero-order chi connectivity index (χ0) is 17.6. The fraction of sp³-hybridized carbons (Fsp3) is 0.412. The lowest BCUT2D eigenvalue weighted by Crippen LogP contribution is -2.37. The highest BCUT2D eigenvalue weighted by Gasteiger charge is 2.57. The van der Waals surface area contributed by atoms with Crippen molar-refractivity contribution in [3.05, 3.63) is 35.1 Å².